The largest absolute Gasteiger partial charge is 0.421 e. The van der Waals surface area contributed by atoms with Crippen LogP contribution in [0.25, 0.3) is 11.5 Å². The number of sulfonamides is 1. The Morgan fingerprint density at radius 3 is 2.27 bits per heavy atom. The Bertz CT molecular complexity index is 1050. The van der Waals surface area contributed by atoms with Gasteiger partial charge in [0.1, 0.15) is 4.90 Å². The lowest BCUT2D eigenvalue weighted by Crippen LogP contribution is -2.24. The molecular formula is C18H22N4O3S. The van der Waals surface area contributed by atoms with E-state index >= 15 is 0 Å². The molecule has 26 heavy (non-hydrogen) atoms. The predicted molar refractivity (Wildman–Crippen MR) is 98.1 cm³/mol. The Kier molecular flexibility index (Phi) is 4.72. The average Bonchev–Trinajstić information content (AvgIpc) is 3.11. The van der Waals surface area contributed by atoms with Gasteiger partial charge >= 0.3 is 0 Å². The molecule has 0 unspecified atom stereocenters. The van der Waals surface area contributed by atoms with E-state index in [1.54, 1.807) is 13.8 Å². The fraction of sp³-hybridized carbons (Fsp3) is 0.333. The second-order valence-electron chi connectivity index (χ2n) is 6.37. The molecule has 2 heterocycles. The summed E-state index contributed by atoms with van der Waals surface area (Å²) in [6, 6.07) is 7.72. The SMILES string of the molecule is Cc1ccc(CNS(=O)(=O)c2c(-c3nnc(C)o3)c(C)n(C)c2C)cc1. The zero-order chi connectivity index (χ0) is 19.1. The van der Waals surface area contributed by atoms with Crippen LogP contribution in [0.1, 0.15) is 28.4 Å². The van der Waals surface area contributed by atoms with Crippen LogP contribution in [0.5, 0.6) is 0 Å². The molecule has 0 atom stereocenters. The fourth-order valence-electron chi connectivity index (χ4n) is 2.85. The molecule has 3 rings (SSSR count). The number of rotatable bonds is 5. The van der Waals surface area contributed by atoms with Gasteiger partial charge in [0, 0.05) is 31.9 Å². The number of hydrogen-bond acceptors (Lipinski definition) is 5. The Morgan fingerprint density at radius 2 is 1.69 bits per heavy atom. The summed E-state index contributed by atoms with van der Waals surface area (Å²) in [5, 5.41) is 7.84. The monoisotopic (exact) mass is 374 g/mol. The first kappa shape index (κ1) is 18.3. The van der Waals surface area contributed by atoms with Gasteiger partial charge in [-0.15, -0.1) is 10.2 Å². The molecule has 2 aromatic heterocycles. The smallest absolute Gasteiger partial charge is 0.250 e. The highest BCUT2D eigenvalue weighted by Crippen LogP contribution is 2.34. The van der Waals surface area contributed by atoms with Gasteiger partial charge in [-0.3, -0.25) is 0 Å². The molecule has 0 aliphatic rings. The van der Waals surface area contributed by atoms with Crippen LogP contribution in [0, 0.1) is 27.7 Å². The maximum absolute atomic E-state index is 13.0. The van der Waals surface area contributed by atoms with Crippen LogP contribution < -0.4 is 4.72 Å². The summed E-state index contributed by atoms with van der Waals surface area (Å²) in [5.74, 6) is 0.594. The van der Waals surface area contributed by atoms with Crippen LogP contribution in [0.4, 0.5) is 0 Å². The number of hydrogen-bond donors (Lipinski definition) is 1. The molecule has 0 radical (unpaired) electrons. The van der Waals surface area contributed by atoms with E-state index in [0.717, 1.165) is 16.8 Å². The van der Waals surface area contributed by atoms with Gasteiger partial charge < -0.3 is 8.98 Å². The van der Waals surface area contributed by atoms with Gasteiger partial charge in [-0.25, -0.2) is 13.1 Å². The Labute approximate surface area is 153 Å². The van der Waals surface area contributed by atoms with E-state index in [9.17, 15) is 8.42 Å². The fourth-order valence-corrected chi connectivity index (χ4v) is 4.38. The molecule has 0 bridgehead atoms. The maximum Gasteiger partial charge on any atom is 0.250 e. The highest BCUT2D eigenvalue weighted by atomic mass is 32.2. The van der Waals surface area contributed by atoms with Gasteiger partial charge in [0.2, 0.25) is 15.9 Å². The molecule has 7 nitrogen and oxygen atoms in total. The molecule has 138 valence electrons. The third-order valence-electron chi connectivity index (χ3n) is 4.52. The van der Waals surface area contributed by atoms with Gasteiger partial charge in [-0.2, -0.15) is 0 Å². The zero-order valence-electron chi connectivity index (χ0n) is 15.5. The van der Waals surface area contributed by atoms with Crippen LogP contribution in [0.15, 0.2) is 33.6 Å². The molecule has 0 fully saturated rings. The second-order valence-corrected chi connectivity index (χ2v) is 8.07. The molecule has 0 saturated carbocycles. The number of aromatic nitrogens is 3. The number of nitrogens with one attached hydrogen (secondary N) is 1. The summed E-state index contributed by atoms with van der Waals surface area (Å²) in [6.45, 7) is 7.47. The molecule has 3 aromatic rings. The second kappa shape index (κ2) is 6.69. The van der Waals surface area contributed by atoms with Crippen molar-refractivity contribution >= 4 is 10.0 Å². The lowest BCUT2D eigenvalue weighted by Gasteiger charge is -2.09. The molecule has 0 amide bonds. The lowest BCUT2D eigenvalue weighted by molar-refractivity contribution is 0.530. The zero-order valence-corrected chi connectivity index (χ0v) is 16.3. The number of benzene rings is 1. The van der Waals surface area contributed by atoms with Crippen molar-refractivity contribution in [3.63, 3.8) is 0 Å². The summed E-state index contributed by atoms with van der Waals surface area (Å²) in [4.78, 5) is 0.174. The van der Waals surface area contributed by atoms with E-state index in [0.29, 0.717) is 17.1 Å². The lowest BCUT2D eigenvalue weighted by atomic mass is 10.2. The van der Waals surface area contributed by atoms with Crippen molar-refractivity contribution in [2.24, 2.45) is 7.05 Å². The van der Waals surface area contributed by atoms with Gasteiger partial charge in [0.15, 0.2) is 0 Å². The summed E-state index contributed by atoms with van der Waals surface area (Å²) >= 11 is 0. The highest BCUT2D eigenvalue weighted by molar-refractivity contribution is 7.89. The normalized spacial score (nSPS) is 11.9. The third-order valence-corrected chi connectivity index (χ3v) is 6.08. The van der Waals surface area contributed by atoms with E-state index in [1.807, 2.05) is 49.7 Å². The minimum Gasteiger partial charge on any atom is -0.421 e. The van der Waals surface area contributed by atoms with Crippen molar-refractivity contribution in [1.82, 2.24) is 19.5 Å². The van der Waals surface area contributed by atoms with Crippen molar-refractivity contribution in [3.8, 4) is 11.5 Å². The van der Waals surface area contributed by atoms with Gasteiger partial charge in [-0.05, 0) is 26.3 Å². The van der Waals surface area contributed by atoms with Crippen molar-refractivity contribution < 1.29 is 12.8 Å². The number of nitrogens with zero attached hydrogens (tertiary/aromatic N) is 3. The minimum atomic E-state index is -3.77. The van der Waals surface area contributed by atoms with Crippen molar-refractivity contribution in [2.75, 3.05) is 0 Å². The van der Waals surface area contributed by atoms with E-state index in [-0.39, 0.29) is 17.3 Å². The topological polar surface area (TPSA) is 90.0 Å². The Morgan fingerprint density at radius 1 is 1.04 bits per heavy atom. The molecular weight excluding hydrogens is 352 g/mol. The standard InChI is InChI=1S/C18H22N4O3S/c1-11-6-8-15(9-7-11)10-19-26(23,24)17-13(3)22(5)12(2)16(17)18-21-20-14(4)25-18/h6-9,19H,10H2,1-5H3. The molecule has 8 heteroatoms. The molecule has 1 N–H and O–H groups in total. The van der Waals surface area contributed by atoms with E-state index in [2.05, 4.69) is 14.9 Å². The van der Waals surface area contributed by atoms with Crippen molar-refractivity contribution in [3.05, 3.63) is 52.7 Å². The van der Waals surface area contributed by atoms with Crippen LogP contribution in [0.2, 0.25) is 0 Å². The Hall–Kier alpha value is -2.45. The van der Waals surface area contributed by atoms with Crippen LogP contribution in [-0.2, 0) is 23.6 Å². The maximum atomic E-state index is 13.0. The van der Waals surface area contributed by atoms with Crippen LogP contribution in [0.3, 0.4) is 0 Å². The van der Waals surface area contributed by atoms with Gasteiger partial charge in [0.05, 0.1) is 5.56 Å². The van der Waals surface area contributed by atoms with Crippen LogP contribution in [-0.4, -0.2) is 23.2 Å². The summed E-state index contributed by atoms with van der Waals surface area (Å²) in [6.07, 6.45) is 0. The van der Waals surface area contributed by atoms with Crippen molar-refractivity contribution in [1.29, 1.82) is 0 Å². The van der Waals surface area contributed by atoms with E-state index < -0.39 is 10.0 Å². The molecule has 0 aliphatic heterocycles. The highest BCUT2D eigenvalue weighted by Gasteiger charge is 2.30. The first-order valence-electron chi connectivity index (χ1n) is 8.22. The summed E-state index contributed by atoms with van der Waals surface area (Å²) in [7, 11) is -1.95. The minimum absolute atomic E-state index is 0.174. The quantitative estimate of drug-likeness (QED) is 0.742. The Balaban J connectivity index is 2.01. The summed E-state index contributed by atoms with van der Waals surface area (Å²) < 4.78 is 36.1. The first-order chi connectivity index (χ1) is 12.2. The molecule has 1 aromatic carbocycles. The van der Waals surface area contributed by atoms with Crippen molar-refractivity contribution in [2.45, 2.75) is 39.1 Å². The third kappa shape index (κ3) is 3.30. The van der Waals surface area contributed by atoms with E-state index in [4.69, 9.17) is 4.42 Å². The summed E-state index contributed by atoms with van der Waals surface area (Å²) in [5.41, 5.74) is 3.83. The molecule has 0 aliphatic carbocycles. The average molecular weight is 374 g/mol. The van der Waals surface area contributed by atoms with E-state index in [1.165, 1.54) is 0 Å². The first-order valence-corrected chi connectivity index (χ1v) is 9.70. The predicted octanol–water partition coefficient (Wildman–Crippen LogP) is 2.79. The van der Waals surface area contributed by atoms with Gasteiger partial charge in [0.25, 0.3) is 5.89 Å². The van der Waals surface area contributed by atoms with Gasteiger partial charge in [-0.1, -0.05) is 29.8 Å². The molecule has 0 saturated heterocycles. The van der Waals surface area contributed by atoms with Crippen LogP contribution >= 0.6 is 0 Å². The molecule has 0 spiro atoms. The number of aryl methyl sites for hydroxylation is 2.